The van der Waals surface area contributed by atoms with E-state index in [4.69, 9.17) is 11.5 Å². The van der Waals surface area contributed by atoms with Gasteiger partial charge in [-0.3, -0.25) is 0 Å². The van der Waals surface area contributed by atoms with Crippen molar-refractivity contribution in [2.75, 3.05) is 0 Å². The molecule has 0 nitrogen and oxygen atoms in total. The highest BCUT2D eigenvalue weighted by Gasteiger charge is 2.62. The summed E-state index contributed by atoms with van der Waals surface area (Å²) in [5.41, 5.74) is 1.18. The van der Waals surface area contributed by atoms with Gasteiger partial charge in [-0.25, -0.2) is 0 Å². The predicted octanol–water partition coefficient (Wildman–Crippen LogP) is 6.36. The van der Waals surface area contributed by atoms with Gasteiger partial charge in [0.05, 0.1) is 0 Å². The molecule has 8 atom stereocenters. The van der Waals surface area contributed by atoms with Gasteiger partial charge in [0.15, 0.2) is 0 Å². The van der Waals surface area contributed by atoms with Crippen LogP contribution in [0.1, 0.15) is 67.2 Å². The number of rotatable bonds is 2. The van der Waals surface area contributed by atoms with Gasteiger partial charge >= 0.3 is 0 Å². The molecule has 0 amide bonds. The Morgan fingerprint density at radius 1 is 0.727 bits per heavy atom. The lowest BCUT2D eigenvalue weighted by atomic mass is 9.30. The molecule has 2 heteroatoms. The maximum atomic E-state index is 7.19. The molecular weight excluding hydrogens is 286 g/mol. The zero-order valence-corrected chi connectivity index (χ0v) is 16.2. The van der Waals surface area contributed by atoms with Gasteiger partial charge in [0, 0.05) is 0 Å². The van der Waals surface area contributed by atoms with E-state index in [1.54, 1.807) is 0 Å². The van der Waals surface area contributed by atoms with Crippen molar-refractivity contribution in [2.45, 2.75) is 78.9 Å². The quantitative estimate of drug-likeness (QED) is 0.519. The Morgan fingerprint density at radius 2 is 1.09 bits per heavy atom. The Labute approximate surface area is 143 Å². The third kappa shape index (κ3) is 1.84. The summed E-state index contributed by atoms with van der Waals surface area (Å²) in [6, 6.07) is 0. The van der Waals surface area contributed by atoms with Crippen LogP contribution in [0.5, 0.6) is 0 Å². The van der Waals surface area contributed by atoms with Crippen LogP contribution >= 0.6 is 11.5 Å². The molecule has 124 valence electrons. The maximum absolute atomic E-state index is 7.19. The van der Waals surface area contributed by atoms with Crippen LogP contribution < -0.4 is 0 Å². The van der Waals surface area contributed by atoms with Gasteiger partial charge < -0.3 is 0 Å². The van der Waals surface area contributed by atoms with Crippen molar-refractivity contribution >= 4 is 17.6 Å². The topological polar surface area (TPSA) is 0 Å². The van der Waals surface area contributed by atoms with Crippen molar-refractivity contribution in [3.05, 3.63) is 0 Å². The molecule has 6 aliphatic carbocycles. The lowest BCUT2D eigenvalue weighted by Gasteiger charge is -2.65. The summed E-state index contributed by atoms with van der Waals surface area (Å²) < 4.78 is 0. The second kappa shape index (κ2) is 4.71. The number of hydrogen-bond acceptors (Lipinski definition) is 0. The predicted molar refractivity (Wildman–Crippen MR) is 97.4 cm³/mol. The van der Waals surface area contributed by atoms with E-state index in [1.807, 2.05) is 0 Å². The first-order chi connectivity index (χ1) is 10.2. The minimum absolute atomic E-state index is 0.438. The zero-order valence-electron chi connectivity index (χ0n) is 15.4. The first-order valence-electron chi connectivity index (χ1n) is 9.79. The standard InChI is InChI=1S/C20H34BCl/c1-11-15-7-13(19(15,3)4)9-17(11)21(22)18-10-14-8-16(12(18)2)20(14,5)6/h11-18H,7-10H2,1-6H3/t11-,12-,13-,14-,15-,16-,17+,18+/m0/s1. The molecule has 0 aromatic carbocycles. The molecule has 6 saturated carbocycles. The van der Waals surface area contributed by atoms with Crippen LogP contribution in [0.15, 0.2) is 0 Å². The highest BCUT2D eigenvalue weighted by atomic mass is 35.5. The van der Waals surface area contributed by atoms with Crippen LogP contribution in [0.25, 0.3) is 0 Å². The molecule has 0 aliphatic heterocycles. The van der Waals surface area contributed by atoms with Gasteiger partial charge in [0.25, 0.3) is 6.13 Å². The summed E-state index contributed by atoms with van der Waals surface area (Å²) in [5, 5.41) is 0. The van der Waals surface area contributed by atoms with Crippen molar-refractivity contribution in [3.8, 4) is 0 Å². The average molecular weight is 321 g/mol. The molecule has 22 heavy (non-hydrogen) atoms. The molecule has 6 aliphatic rings. The third-order valence-electron chi connectivity index (χ3n) is 9.64. The van der Waals surface area contributed by atoms with E-state index in [9.17, 15) is 0 Å². The van der Waals surface area contributed by atoms with Crippen LogP contribution in [-0.4, -0.2) is 6.13 Å². The number of halogens is 1. The first-order valence-corrected chi connectivity index (χ1v) is 10.2. The average Bonchev–Trinajstić information content (AvgIpc) is 2.45. The van der Waals surface area contributed by atoms with Gasteiger partial charge in [0.1, 0.15) is 0 Å². The SMILES string of the molecule is C[C@@H]1[C@H](B(Cl)[C@@H]2C[C@@H]3C[C@@H]([C@@H]2C)C3(C)C)C[C@@H]2C[C@@H]1C2(C)C. The lowest BCUT2D eigenvalue weighted by Crippen LogP contribution is -2.58. The molecule has 0 N–H and O–H groups in total. The summed E-state index contributed by atoms with van der Waals surface area (Å²) in [6.45, 7) is 15.0. The normalized spacial score (nSPS) is 54.1. The minimum Gasteiger partial charge on any atom is -0.195 e. The summed E-state index contributed by atoms with van der Waals surface area (Å²) >= 11 is 7.19. The van der Waals surface area contributed by atoms with Crippen LogP contribution in [0.4, 0.5) is 0 Å². The molecular formula is C20H34BCl. The van der Waals surface area contributed by atoms with Crippen molar-refractivity contribution < 1.29 is 0 Å². The summed E-state index contributed by atoms with van der Waals surface area (Å²) in [4.78, 5) is 0. The summed E-state index contributed by atoms with van der Waals surface area (Å²) in [5.74, 6) is 7.00. The smallest absolute Gasteiger partial charge is 0.195 e. The molecule has 0 heterocycles. The van der Waals surface area contributed by atoms with Crippen LogP contribution in [0.2, 0.25) is 11.6 Å². The fourth-order valence-electron chi connectivity index (χ4n) is 7.54. The van der Waals surface area contributed by atoms with Gasteiger partial charge in [-0.2, -0.15) is 11.5 Å². The van der Waals surface area contributed by atoms with Crippen LogP contribution in [0.3, 0.4) is 0 Å². The molecule has 0 radical (unpaired) electrons. The lowest BCUT2D eigenvalue weighted by molar-refractivity contribution is -0.106. The van der Waals surface area contributed by atoms with Crippen molar-refractivity contribution in [1.29, 1.82) is 0 Å². The minimum atomic E-state index is 0.438. The van der Waals surface area contributed by atoms with E-state index in [0.29, 0.717) is 17.0 Å². The van der Waals surface area contributed by atoms with Gasteiger partial charge in [-0.05, 0) is 70.8 Å². The Bertz CT molecular complexity index is 428. The fraction of sp³-hybridized carbons (Fsp3) is 1.00. The van der Waals surface area contributed by atoms with E-state index in [-0.39, 0.29) is 0 Å². The highest BCUT2D eigenvalue weighted by molar-refractivity contribution is 7.08. The largest absolute Gasteiger partial charge is 0.257 e. The molecule has 4 bridgehead atoms. The monoisotopic (exact) mass is 320 g/mol. The number of hydrogen-bond donors (Lipinski definition) is 0. The van der Waals surface area contributed by atoms with E-state index < -0.39 is 0 Å². The van der Waals surface area contributed by atoms with Crippen molar-refractivity contribution in [3.63, 3.8) is 0 Å². The van der Waals surface area contributed by atoms with E-state index >= 15 is 0 Å². The Kier molecular flexibility index (Phi) is 3.39. The third-order valence-corrected chi connectivity index (χ3v) is 10.3. The fourth-order valence-corrected chi connectivity index (χ4v) is 8.20. The first kappa shape index (κ1) is 15.9. The maximum Gasteiger partial charge on any atom is 0.257 e. The van der Waals surface area contributed by atoms with E-state index in [2.05, 4.69) is 41.5 Å². The molecule has 0 unspecified atom stereocenters. The molecule has 0 aromatic heterocycles. The Balaban J connectivity index is 1.49. The zero-order chi connectivity index (χ0) is 16.0. The Morgan fingerprint density at radius 3 is 1.36 bits per heavy atom. The highest BCUT2D eigenvalue weighted by Crippen LogP contribution is 2.69. The molecule has 0 saturated heterocycles. The van der Waals surface area contributed by atoms with Crippen molar-refractivity contribution in [1.82, 2.24) is 0 Å². The Hall–Kier alpha value is 0.355. The van der Waals surface area contributed by atoms with Gasteiger partial charge in [-0.15, -0.1) is 0 Å². The van der Waals surface area contributed by atoms with Gasteiger partial charge in [0.2, 0.25) is 0 Å². The second-order valence-electron chi connectivity index (χ2n) is 10.7. The molecule has 0 aromatic rings. The van der Waals surface area contributed by atoms with Crippen LogP contribution in [-0.2, 0) is 0 Å². The molecule has 6 fully saturated rings. The number of fused-ring (bicyclic) bond motifs is 4. The van der Waals surface area contributed by atoms with Crippen LogP contribution in [0, 0.1) is 46.3 Å². The van der Waals surface area contributed by atoms with Crippen molar-refractivity contribution in [2.24, 2.45) is 46.3 Å². The molecule has 6 rings (SSSR count). The summed E-state index contributed by atoms with van der Waals surface area (Å²) in [6.07, 6.45) is 6.20. The molecule has 0 spiro atoms. The van der Waals surface area contributed by atoms with E-state index in [0.717, 1.165) is 47.1 Å². The van der Waals surface area contributed by atoms with E-state index in [1.165, 1.54) is 25.7 Å². The summed E-state index contributed by atoms with van der Waals surface area (Å²) in [7, 11) is 0. The second-order valence-corrected chi connectivity index (χ2v) is 11.2. The van der Waals surface area contributed by atoms with Gasteiger partial charge in [-0.1, -0.05) is 54.4 Å².